The van der Waals surface area contributed by atoms with Crippen molar-refractivity contribution in [3.63, 3.8) is 0 Å². The summed E-state index contributed by atoms with van der Waals surface area (Å²) in [6, 6.07) is 12.2. The highest BCUT2D eigenvalue weighted by Crippen LogP contribution is 2.31. The molecule has 0 fully saturated rings. The van der Waals surface area contributed by atoms with Crippen LogP contribution in [0.25, 0.3) is 0 Å². The van der Waals surface area contributed by atoms with Crippen LogP contribution in [0.1, 0.15) is 42.0 Å². The Kier molecular flexibility index (Phi) is 9.04. The number of rotatable bonds is 8. The van der Waals surface area contributed by atoms with Crippen LogP contribution < -0.4 is 20.1 Å². The van der Waals surface area contributed by atoms with Gasteiger partial charge in [0.2, 0.25) is 5.88 Å². The molecular weight excluding hydrogens is 533 g/mol. The number of nitrogens with zero attached hydrogens (tertiary/aromatic N) is 3. The largest absolute Gasteiger partial charge is 0.493 e. The van der Waals surface area contributed by atoms with Crippen molar-refractivity contribution < 1.29 is 13.9 Å². The molecule has 3 aromatic rings. The molecule has 4 rings (SSSR count). The number of aromatic nitrogens is 2. The van der Waals surface area contributed by atoms with Crippen LogP contribution >= 0.6 is 24.0 Å². The van der Waals surface area contributed by atoms with E-state index in [2.05, 4.69) is 28.7 Å². The standard InChI is InChI=1S/C24H31N5O3.HI/c1-4-20-19(23(30-3)29(2)28-20)16-26-24(25-13-11-17-8-7-14-31-17)27-21-12-15-32-22-10-6-5-9-18(21)22;/h5-10,14,21H,4,11-13,15-16H2,1-3H3,(H2,25,26,27);1H. The summed E-state index contributed by atoms with van der Waals surface area (Å²) in [5.74, 6) is 3.35. The first-order valence-corrected chi connectivity index (χ1v) is 11.1. The maximum absolute atomic E-state index is 5.82. The van der Waals surface area contributed by atoms with Gasteiger partial charge in [-0.1, -0.05) is 25.1 Å². The van der Waals surface area contributed by atoms with Crippen molar-refractivity contribution in [2.45, 2.75) is 38.8 Å². The van der Waals surface area contributed by atoms with Crippen molar-refractivity contribution in [1.29, 1.82) is 0 Å². The number of furan rings is 1. The summed E-state index contributed by atoms with van der Waals surface area (Å²) in [4.78, 5) is 4.90. The van der Waals surface area contributed by atoms with E-state index in [9.17, 15) is 0 Å². The monoisotopic (exact) mass is 565 g/mol. The number of ether oxygens (including phenoxy) is 2. The number of fused-ring (bicyclic) bond motifs is 1. The van der Waals surface area contributed by atoms with Crippen LogP contribution in [0.2, 0.25) is 0 Å². The molecule has 0 spiro atoms. The third-order valence-electron chi connectivity index (χ3n) is 5.61. The lowest BCUT2D eigenvalue weighted by molar-refractivity contribution is 0.261. The van der Waals surface area contributed by atoms with E-state index in [0.29, 0.717) is 19.7 Å². The number of aryl methyl sites for hydroxylation is 2. The highest BCUT2D eigenvalue weighted by molar-refractivity contribution is 14.0. The summed E-state index contributed by atoms with van der Waals surface area (Å²) in [6.45, 7) is 3.94. The quantitative estimate of drug-likeness (QED) is 0.244. The number of methoxy groups -OCH3 is 1. The van der Waals surface area contributed by atoms with Crippen LogP contribution in [-0.2, 0) is 26.4 Å². The Labute approximate surface area is 211 Å². The molecule has 0 aliphatic carbocycles. The summed E-state index contributed by atoms with van der Waals surface area (Å²) in [5.41, 5.74) is 3.16. The number of para-hydroxylation sites is 1. The van der Waals surface area contributed by atoms with Crippen molar-refractivity contribution in [1.82, 2.24) is 20.4 Å². The van der Waals surface area contributed by atoms with E-state index >= 15 is 0 Å². The number of aliphatic imine (C=N–C) groups is 1. The van der Waals surface area contributed by atoms with Gasteiger partial charge in [0.25, 0.3) is 0 Å². The van der Waals surface area contributed by atoms with Gasteiger partial charge < -0.3 is 24.5 Å². The van der Waals surface area contributed by atoms with Crippen molar-refractivity contribution in [3.8, 4) is 11.6 Å². The fourth-order valence-electron chi connectivity index (χ4n) is 4.03. The molecule has 1 unspecified atom stereocenters. The molecule has 0 radical (unpaired) electrons. The van der Waals surface area contributed by atoms with E-state index in [0.717, 1.165) is 59.4 Å². The molecule has 8 nitrogen and oxygen atoms in total. The number of benzene rings is 1. The molecule has 9 heteroatoms. The van der Waals surface area contributed by atoms with Gasteiger partial charge in [0, 0.05) is 32.0 Å². The lowest BCUT2D eigenvalue weighted by Gasteiger charge is -2.28. The van der Waals surface area contributed by atoms with E-state index in [1.54, 1.807) is 18.1 Å². The SMILES string of the molecule is CCc1nn(C)c(OC)c1CN=C(NCCc1ccco1)NC1CCOc2ccccc21.I. The van der Waals surface area contributed by atoms with E-state index in [1.165, 1.54) is 0 Å². The second kappa shape index (κ2) is 12.0. The van der Waals surface area contributed by atoms with Gasteiger partial charge in [0.05, 0.1) is 43.8 Å². The van der Waals surface area contributed by atoms with Crippen molar-refractivity contribution in [3.05, 3.63) is 65.2 Å². The first-order valence-electron chi connectivity index (χ1n) is 11.1. The van der Waals surface area contributed by atoms with Crippen molar-refractivity contribution in [2.75, 3.05) is 20.3 Å². The Bertz CT molecular complexity index is 1050. The Morgan fingerprint density at radius 1 is 1.27 bits per heavy atom. The zero-order valence-corrected chi connectivity index (χ0v) is 21.7. The van der Waals surface area contributed by atoms with Crippen LogP contribution in [0.5, 0.6) is 11.6 Å². The summed E-state index contributed by atoms with van der Waals surface area (Å²) in [5, 5.41) is 11.6. The number of hydrogen-bond acceptors (Lipinski definition) is 5. The third kappa shape index (κ3) is 6.01. The number of guanidine groups is 1. The average molecular weight is 565 g/mol. The predicted octanol–water partition coefficient (Wildman–Crippen LogP) is 4.00. The molecule has 3 heterocycles. The fraction of sp³-hybridized carbons (Fsp3) is 0.417. The van der Waals surface area contributed by atoms with E-state index in [4.69, 9.17) is 18.9 Å². The van der Waals surface area contributed by atoms with Crippen molar-refractivity contribution in [2.24, 2.45) is 12.0 Å². The van der Waals surface area contributed by atoms with Gasteiger partial charge in [0.1, 0.15) is 11.5 Å². The van der Waals surface area contributed by atoms with Gasteiger partial charge in [-0.25, -0.2) is 9.67 Å². The topological polar surface area (TPSA) is 85.8 Å². The summed E-state index contributed by atoms with van der Waals surface area (Å²) < 4.78 is 18.6. The molecule has 0 saturated carbocycles. The highest BCUT2D eigenvalue weighted by atomic mass is 127. The minimum absolute atomic E-state index is 0. The maximum atomic E-state index is 5.82. The second-order valence-corrected chi connectivity index (χ2v) is 7.70. The average Bonchev–Trinajstić information content (AvgIpc) is 3.44. The molecule has 1 aliphatic rings. The minimum Gasteiger partial charge on any atom is -0.493 e. The lowest BCUT2D eigenvalue weighted by Crippen LogP contribution is -2.42. The first-order chi connectivity index (χ1) is 15.7. The molecule has 0 bridgehead atoms. The third-order valence-corrected chi connectivity index (χ3v) is 5.61. The Hall–Kier alpha value is -2.69. The Balaban J connectivity index is 0.00000306. The van der Waals surface area contributed by atoms with E-state index in [-0.39, 0.29) is 30.0 Å². The van der Waals surface area contributed by atoms with Gasteiger partial charge >= 0.3 is 0 Å². The molecule has 178 valence electrons. The lowest BCUT2D eigenvalue weighted by atomic mass is 10.0. The minimum atomic E-state index is 0. The normalized spacial score (nSPS) is 15.2. The van der Waals surface area contributed by atoms with Crippen molar-refractivity contribution >= 4 is 29.9 Å². The van der Waals surface area contributed by atoms with Crippen LogP contribution in [0.4, 0.5) is 0 Å². The van der Waals surface area contributed by atoms with Gasteiger partial charge in [-0.05, 0) is 24.6 Å². The summed E-state index contributed by atoms with van der Waals surface area (Å²) >= 11 is 0. The zero-order chi connectivity index (χ0) is 22.3. The molecule has 2 N–H and O–H groups in total. The van der Waals surface area contributed by atoms with Crippen LogP contribution in [0.15, 0.2) is 52.1 Å². The molecule has 0 amide bonds. The number of nitrogens with one attached hydrogen (secondary N) is 2. The van der Waals surface area contributed by atoms with Crippen LogP contribution in [0, 0.1) is 0 Å². The fourth-order valence-corrected chi connectivity index (χ4v) is 4.03. The van der Waals surface area contributed by atoms with Gasteiger partial charge in [-0.2, -0.15) is 5.10 Å². The number of hydrogen-bond donors (Lipinski definition) is 2. The smallest absolute Gasteiger partial charge is 0.216 e. The molecule has 1 aliphatic heterocycles. The first kappa shape index (κ1) is 24.9. The molecule has 0 saturated heterocycles. The zero-order valence-electron chi connectivity index (χ0n) is 19.3. The number of halogens is 1. The molecule has 1 atom stereocenters. The van der Waals surface area contributed by atoms with E-state index in [1.807, 2.05) is 37.4 Å². The Morgan fingerprint density at radius 2 is 2.12 bits per heavy atom. The summed E-state index contributed by atoms with van der Waals surface area (Å²) in [7, 11) is 3.56. The highest BCUT2D eigenvalue weighted by Gasteiger charge is 2.22. The van der Waals surface area contributed by atoms with Crippen LogP contribution in [-0.4, -0.2) is 36.0 Å². The van der Waals surface area contributed by atoms with Crippen LogP contribution in [0.3, 0.4) is 0 Å². The Morgan fingerprint density at radius 3 is 2.88 bits per heavy atom. The molecule has 33 heavy (non-hydrogen) atoms. The summed E-state index contributed by atoms with van der Waals surface area (Å²) in [6.07, 6.45) is 4.16. The second-order valence-electron chi connectivity index (χ2n) is 7.70. The maximum Gasteiger partial charge on any atom is 0.216 e. The van der Waals surface area contributed by atoms with E-state index < -0.39 is 0 Å². The molecular formula is C24H32IN5O3. The molecule has 2 aromatic heterocycles. The molecule has 1 aromatic carbocycles. The van der Waals surface area contributed by atoms with Gasteiger partial charge in [-0.15, -0.1) is 24.0 Å². The van der Waals surface area contributed by atoms with Gasteiger partial charge in [0.15, 0.2) is 5.96 Å². The predicted molar refractivity (Wildman–Crippen MR) is 139 cm³/mol. The van der Waals surface area contributed by atoms with Gasteiger partial charge in [-0.3, -0.25) is 0 Å².